The van der Waals surface area contributed by atoms with Gasteiger partial charge in [-0.05, 0) is 42.7 Å². The number of aliphatic hydroxyl groups excluding tert-OH is 2. The van der Waals surface area contributed by atoms with E-state index in [1.54, 1.807) is 18.2 Å². The van der Waals surface area contributed by atoms with Gasteiger partial charge in [0.2, 0.25) is 0 Å². The molecule has 5 heteroatoms. The molecule has 28 heavy (non-hydrogen) atoms. The van der Waals surface area contributed by atoms with Crippen molar-refractivity contribution in [3.8, 4) is 11.8 Å². The van der Waals surface area contributed by atoms with Crippen LogP contribution < -0.4 is 5.32 Å². The van der Waals surface area contributed by atoms with E-state index >= 15 is 0 Å². The minimum atomic E-state index is -0.383. The Morgan fingerprint density at radius 1 is 1.14 bits per heavy atom. The molecule has 0 aliphatic carbocycles. The number of rotatable bonds is 7. The van der Waals surface area contributed by atoms with Crippen LogP contribution >= 0.6 is 0 Å². The number of benzene rings is 2. The molecule has 3 aromatic rings. The Labute approximate surface area is 164 Å². The van der Waals surface area contributed by atoms with Crippen LogP contribution in [-0.4, -0.2) is 40.4 Å². The number of aliphatic hydroxyl groups is 2. The van der Waals surface area contributed by atoms with E-state index in [9.17, 15) is 9.90 Å². The Kier molecular flexibility index (Phi) is 6.85. The molecule has 0 unspecified atom stereocenters. The third-order valence-corrected chi connectivity index (χ3v) is 4.51. The molecule has 0 aliphatic heterocycles. The second-order valence-corrected chi connectivity index (χ2v) is 6.63. The molecular weight excluding hydrogens is 352 g/mol. The summed E-state index contributed by atoms with van der Waals surface area (Å²) in [6.45, 7) is -0.0258. The molecule has 0 saturated carbocycles. The van der Waals surface area contributed by atoms with Gasteiger partial charge in [-0.2, -0.15) is 0 Å². The van der Waals surface area contributed by atoms with Gasteiger partial charge in [0.1, 0.15) is 0 Å². The number of aromatic amines is 1. The molecule has 1 amide bonds. The summed E-state index contributed by atoms with van der Waals surface area (Å²) in [6, 6.07) is 14.7. The minimum absolute atomic E-state index is 0.121. The van der Waals surface area contributed by atoms with Crippen LogP contribution in [-0.2, 0) is 6.42 Å². The number of carbonyl (C=O) groups excluding carboxylic acids is 1. The monoisotopic (exact) mass is 376 g/mol. The van der Waals surface area contributed by atoms with E-state index in [4.69, 9.17) is 5.11 Å². The van der Waals surface area contributed by atoms with Crippen LogP contribution in [0.4, 0.5) is 0 Å². The predicted molar refractivity (Wildman–Crippen MR) is 110 cm³/mol. The van der Waals surface area contributed by atoms with Gasteiger partial charge in [0.15, 0.2) is 0 Å². The molecule has 5 nitrogen and oxygen atoms in total. The zero-order valence-corrected chi connectivity index (χ0v) is 15.6. The average Bonchev–Trinajstić information content (AvgIpc) is 3.14. The van der Waals surface area contributed by atoms with E-state index in [-0.39, 0.29) is 25.2 Å². The van der Waals surface area contributed by atoms with Gasteiger partial charge in [-0.1, -0.05) is 36.1 Å². The summed E-state index contributed by atoms with van der Waals surface area (Å²) in [4.78, 5) is 15.8. The fraction of sp³-hybridized carbons (Fsp3) is 0.261. The Bertz CT molecular complexity index is 997. The van der Waals surface area contributed by atoms with Crippen LogP contribution in [0, 0.1) is 11.8 Å². The van der Waals surface area contributed by atoms with Gasteiger partial charge in [0.25, 0.3) is 5.91 Å². The summed E-state index contributed by atoms with van der Waals surface area (Å²) in [5.41, 5.74) is 3.35. The lowest BCUT2D eigenvalue weighted by atomic mass is 10.0. The minimum Gasteiger partial charge on any atom is -0.396 e. The summed E-state index contributed by atoms with van der Waals surface area (Å²) in [5, 5.41) is 22.5. The van der Waals surface area contributed by atoms with Gasteiger partial charge < -0.3 is 20.5 Å². The molecule has 3 rings (SSSR count). The van der Waals surface area contributed by atoms with Gasteiger partial charge in [-0.15, -0.1) is 0 Å². The van der Waals surface area contributed by atoms with Crippen LogP contribution in [0.25, 0.3) is 10.9 Å². The number of amides is 1. The van der Waals surface area contributed by atoms with Crippen molar-refractivity contribution >= 4 is 16.8 Å². The molecule has 1 atom stereocenters. The fourth-order valence-corrected chi connectivity index (χ4v) is 3.07. The van der Waals surface area contributed by atoms with Gasteiger partial charge >= 0.3 is 0 Å². The van der Waals surface area contributed by atoms with Crippen molar-refractivity contribution in [1.82, 2.24) is 10.3 Å². The molecule has 0 bridgehead atoms. The van der Waals surface area contributed by atoms with Crippen LogP contribution in [0.1, 0.15) is 34.3 Å². The van der Waals surface area contributed by atoms with Crippen LogP contribution in [0.15, 0.2) is 54.7 Å². The van der Waals surface area contributed by atoms with Crippen molar-refractivity contribution in [3.05, 3.63) is 71.4 Å². The van der Waals surface area contributed by atoms with Gasteiger partial charge in [-0.3, -0.25) is 4.79 Å². The first-order valence-electron chi connectivity index (χ1n) is 9.37. The van der Waals surface area contributed by atoms with Crippen LogP contribution in [0.3, 0.4) is 0 Å². The normalized spacial score (nSPS) is 11.6. The quantitative estimate of drug-likeness (QED) is 0.378. The summed E-state index contributed by atoms with van der Waals surface area (Å²) in [7, 11) is 0. The number of para-hydroxylation sites is 1. The average molecular weight is 376 g/mol. The van der Waals surface area contributed by atoms with Crippen molar-refractivity contribution in [3.63, 3.8) is 0 Å². The molecule has 2 aromatic carbocycles. The second-order valence-electron chi connectivity index (χ2n) is 6.63. The first-order valence-corrected chi connectivity index (χ1v) is 9.37. The number of hydrogen-bond acceptors (Lipinski definition) is 3. The van der Waals surface area contributed by atoms with E-state index in [2.05, 4.69) is 22.1 Å². The number of H-pyrrole nitrogens is 1. The predicted octanol–water partition coefficient (Wildman–Crippen LogP) is 2.63. The summed E-state index contributed by atoms with van der Waals surface area (Å²) in [5.74, 6) is 5.75. The standard InChI is InChI=1S/C23H24N2O3/c26-12-5-1-2-7-17-8-6-9-18(13-17)23(28)25-20(16-27)14-19-15-24-22-11-4-3-10-21(19)22/h3-4,6,8-11,13,15,20,24,26-27H,1,5,12,14,16H2,(H,25,28)/t20-/m1/s1. The SMILES string of the molecule is O=C(N[C@@H](CO)Cc1c[nH]c2ccccc12)c1cccc(C#CCCCO)c1. The van der Waals surface area contributed by atoms with E-state index in [0.29, 0.717) is 24.8 Å². The first kappa shape index (κ1) is 19.7. The van der Waals surface area contributed by atoms with Crippen molar-refractivity contribution in [2.24, 2.45) is 0 Å². The smallest absolute Gasteiger partial charge is 0.251 e. The molecule has 1 aromatic heterocycles. The number of carbonyl (C=O) groups is 1. The molecule has 1 heterocycles. The highest BCUT2D eigenvalue weighted by Crippen LogP contribution is 2.19. The number of aromatic nitrogens is 1. The summed E-state index contributed by atoms with van der Waals surface area (Å²) >= 11 is 0. The molecule has 144 valence electrons. The van der Waals surface area contributed by atoms with E-state index < -0.39 is 0 Å². The molecule has 0 saturated heterocycles. The Morgan fingerprint density at radius 3 is 2.82 bits per heavy atom. The zero-order chi connectivity index (χ0) is 19.8. The Balaban J connectivity index is 1.67. The molecule has 0 spiro atoms. The maximum absolute atomic E-state index is 12.6. The number of nitrogens with one attached hydrogen (secondary N) is 2. The van der Waals surface area contributed by atoms with Crippen molar-refractivity contribution in [1.29, 1.82) is 0 Å². The maximum atomic E-state index is 12.6. The van der Waals surface area contributed by atoms with Gasteiger partial charge in [0.05, 0.1) is 12.6 Å². The highest BCUT2D eigenvalue weighted by molar-refractivity contribution is 5.94. The molecule has 0 fully saturated rings. The van der Waals surface area contributed by atoms with Gasteiger partial charge in [0, 0.05) is 41.3 Å². The Morgan fingerprint density at radius 2 is 2.00 bits per heavy atom. The van der Waals surface area contributed by atoms with Crippen molar-refractivity contribution < 1.29 is 15.0 Å². The van der Waals surface area contributed by atoms with Crippen LogP contribution in [0.2, 0.25) is 0 Å². The maximum Gasteiger partial charge on any atom is 0.251 e. The van der Waals surface area contributed by atoms with Gasteiger partial charge in [-0.25, -0.2) is 0 Å². The fourth-order valence-electron chi connectivity index (χ4n) is 3.07. The largest absolute Gasteiger partial charge is 0.396 e. The van der Waals surface area contributed by atoms with E-state index in [1.165, 1.54) is 0 Å². The third kappa shape index (κ3) is 5.01. The third-order valence-electron chi connectivity index (χ3n) is 4.51. The van der Waals surface area contributed by atoms with Crippen LogP contribution in [0.5, 0.6) is 0 Å². The highest BCUT2D eigenvalue weighted by atomic mass is 16.3. The van der Waals surface area contributed by atoms with Crippen molar-refractivity contribution in [2.75, 3.05) is 13.2 Å². The lowest BCUT2D eigenvalue weighted by Gasteiger charge is -2.16. The summed E-state index contributed by atoms with van der Waals surface area (Å²) < 4.78 is 0. The number of unbranched alkanes of at least 4 members (excludes halogenated alkanes) is 1. The van der Waals surface area contributed by atoms with E-state index in [1.807, 2.05) is 36.5 Å². The molecule has 0 radical (unpaired) electrons. The van der Waals surface area contributed by atoms with E-state index in [0.717, 1.165) is 22.0 Å². The number of fused-ring (bicyclic) bond motifs is 1. The molecular formula is C23H24N2O3. The lowest BCUT2D eigenvalue weighted by molar-refractivity contribution is 0.0916. The molecule has 4 N–H and O–H groups in total. The van der Waals surface area contributed by atoms with Crippen molar-refractivity contribution in [2.45, 2.75) is 25.3 Å². The second kappa shape index (κ2) is 9.75. The lowest BCUT2D eigenvalue weighted by Crippen LogP contribution is -2.39. The highest BCUT2D eigenvalue weighted by Gasteiger charge is 2.15. The topological polar surface area (TPSA) is 85.4 Å². The molecule has 0 aliphatic rings. The Hall–Kier alpha value is -3.07. The zero-order valence-electron chi connectivity index (χ0n) is 15.6. The summed E-state index contributed by atoms with van der Waals surface area (Å²) in [6.07, 6.45) is 3.71. The number of hydrogen-bond donors (Lipinski definition) is 4. The first-order chi connectivity index (χ1) is 13.7.